The van der Waals surface area contributed by atoms with E-state index in [9.17, 15) is 4.39 Å². The normalized spacial score (nSPS) is 17.1. The van der Waals surface area contributed by atoms with Gasteiger partial charge in [-0.3, -0.25) is 0 Å². The van der Waals surface area contributed by atoms with Gasteiger partial charge in [0.2, 0.25) is 0 Å². The molecule has 1 atom stereocenters. The van der Waals surface area contributed by atoms with E-state index in [1.807, 2.05) is 0 Å². The molecule has 0 aliphatic heterocycles. The maximum Gasteiger partial charge on any atom is 0.125 e. The van der Waals surface area contributed by atoms with Gasteiger partial charge in [-0.05, 0) is 59.0 Å². The van der Waals surface area contributed by atoms with E-state index in [1.165, 1.54) is 28.8 Å². The summed E-state index contributed by atoms with van der Waals surface area (Å²) in [7, 11) is 0. The van der Waals surface area contributed by atoms with Crippen molar-refractivity contribution in [2.24, 2.45) is 0 Å². The third kappa shape index (κ3) is 2.57. The van der Waals surface area contributed by atoms with Gasteiger partial charge in [-0.1, -0.05) is 35.4 Å². The highest BCUT2D eigenvalue weighted by atomic mass is 79.9. The first-order valence-corrected chi connectivity index (χ1v) is 7.72. The lowest BCUT2D eigenvalue weighted by Gasteiger charge is -2.18. The van der Waals surface area contributed by atoms with E-state index in [1.54, 1.807) is 0 Å². The van der Waals surface area contributed by atoms with E-state index >= 15 is 0 Å². The second-order valence-electron chi connectivity index (χ2n) is 5.18. The molecule has 0 saturated carbocycles. The van der Waals surface area contributed by atoms with Crippen molar-refractivity contribution in [3.8, 4) is 0 Å². The molecule has 0 radical (unpaired) electrons. The first-order valence-electron chi connectivity index (χ1n) is 6.55. The summed E-state index contributed by atoms with van der Waals surface area (Å²) in [6.07, 6.45) is 2.09. The van der Waals surface area contributed by atoms with E-state index in [2.05, 4.69) is 46.4 Å². The summed E-state index contributed by atoms with van der Waals surface area (Å²) in [6, 6.07) is 9.53. The SMILES string of the molecule is Cc1ccc2c(c1)C(Nc1c(Cl)cc(F)cc1Br)CC2. The van der Waals surface area contributed by atoms with E-state index < -0.39 is 0 Å². The number of nitrogens with one attached hydrogen (secondary N) is 1. The summed E-state index contributed by atoms with van der Waals surface area (Å²) < 4.78 is 13.9. The van der Waals surface area contributed by atoms with Gasteiger partial charge in [0.1, 0.15) is 5.82 Å². The maximum absolute atomic E-state index is 13.3. The van der Waals surface area contributed by atoms with Crippen molar-refractivity contribution in [1.29, 1.82) is 0 Å². The van der Waals surface area contributed by atoms with Gasteiger partial charge in [-0.15, -0.1) is 0 Å². The Morgan fingerprint density at radius 2 is 2.10 bits per heavy atom. The van der Waals surface area contributed by atoms with E-state index in [4.69, 9.17) is 11.6 Å². The fraction of sp³-hybridized carbons (Fsp3) is 0.250. The molecule has 0 bridgehead atoms. The molecule has 0 fully saturated rings. The van der Waals surface area contributed by atoms with Crippen LogP contribution in [-0.4, -0.2) is 0 Å². The third-order valence-corrected chi connectivity index (χ3v) is 4.63. The van der Waals surface area contributed by atoms with Crippen LogP contribution in [0.4, 0.5) is 10.1 Å². The van der Waals surface area contributed by atoms with Crippen LogP contribution in [0, 0.1) is 12.7 Å². The maximum atomic E-state index is 13.3. The fourth-order valence-corrected chi connectivity index (χ4v) is 3.65. The highest BCUT2D eigenvalue weighted by molar-refractivity contribution is 9.10. The predicted molar refractivity (Wildman–Crippen MR) is 85.0 cm³/mol. The molecule has 1 aliphatic rings. The highest BCUT2D eigenvalue weighted by Gasteiger charge is 2.23. The van der Waals surface area contributed by atoms with Crippen molar-refractivity contribution >= 4 is 33.2 Å². The Hall–Kier alpha value is -1.06. The molecule has 1 N–H and O–H groups in total. The average Bonchev–Trinajstić information content (AvgIpc) is 2.76. The molecule has 2 aromatic carbocycles. The molecule has 0 aromatic heterocycles. The number of hydrogen-bond acceptors (Lipinski definition) is 1. The molecule has 3 rings (SSSR count). The van der Waals surface area contributed by atoms with Crippen molar-refractivity contribution in [2.75, 3.05) is 5.32 Å². The average molecular weight is 355 g/mol. The van der Waals surface area contributed by atoms with Gasteiger partial charge in [0.05, 0.1) is 16.8 Å². The molecule has 0 spiro atoms. The van der Waals surface area contributed by atoms with Crippen LogP contribution in [0.15, 0.2) is 34.8 Å². The minimum Gasteiger partial charge on any atom is -0.376 e. The van der Waals surface area contributed by atoms with Gasteiger partial charge >= 0.3 is 0 Å². The molecule has 20 heavy (non-hydrogen) atoms. The minimum atomic E-state index is -0.338. The van der Waals surface area contributed by atoms with Crippen LogP contribution in [-0.2, 0) is 6.42 Å². The van der Waals surface area contributed by atoms with Gasteiger partial charge in [-0.25, -0.2) is 4.39 Å². The Kier molecular flexibility index (Phi) is 3.74. The number of benzene rings is 2. The van der Waals surface area contributed by atoms with Gasteiger partial charge < -0.3 is 5.32 Å². The molecule has 4 heteroatoms. The zero-order valence-corrected chi connectivity index (χ0v) is 13.4. The highest BCUT2D eigenvalue weighted by Crippen LogP contribution is 2.39. The van der Waals surface area contributed by atoms with Crippen LogP contribution in [0.25, 0.3) is 0 Å². The third-order valence-electron chi connectivity index (χ3n) is 3.70. The molecule has 1 unspecified atom stereocenters. The van der Waals surface area contributed by atoms with Crippen LogP contribution < -0.4 is 5.32 Å². The molecule has 104 valence electrons. The van der Waals surface area contributed by atoms with Crippen molar-refractivity contribution in [3.63, 3.8) is 0 Å². The molecular formula is C16H14BrClFN. The zero-order chi connectivity index (χ0) is 14.3. The summed E-state index contributed by atoms with van der Waals surface area (Å²) in [5, 5.41) is 3.84. The first-order chi connectivity index (χ1) is 9.54. The van der Waals surface area contributed by atoms with E-state index in [-0.39, 0.29) is 11.9 Å². The van der Waals surface area contributed by atoms with Crippen LogP contribution in [0.2, 0.25) is 5.02 Å². The summed E-state index contributed by atoms with van der Waals surface area (Å²) in [5.74, 6) is -0.338. The lowest BCUT2D eigenvalue weighted by Crippen LogP contribution is -2.08. The number of rotatable bonds is 2. The molecule has 0 saturated heterocycles. The minimum absolute atomic E-state index is 0.226. The van der Waals surface area contributed by atoms with Gasteiger partial charge in [0.15, 0.2) is 0 Å². The smallest absolute Gasteiger partial charge is 0.125 e. The predicted octanol–water partition coefficient (Wildman–Crippen LogP) is 5.65. The summed E-state index contributed by atoms with van der Waals surface area (Å²) >= 11 is 9.51. The molecule has 0 heterocycles. The lowest BCUT2D eigenvalue weighted by atomic mass is 10.0. The first kappa shape index (κ1) is 13.9. The van der Waals surface area contributed by atoms with Crippen LogP contribution >= 0.6 is 27.5 Å². The van der Waals surface area contributed by atoms with Crippen molar-refractivity contribution in [1.82, 2.24) is 0 Å². The standard InChI is InChI=1S/C16H14BrClFN/c1-9-2-3-10-4-5-15(12(10)6-9)20-16-13(17)7-11(19)8-14(16)18/h2-3,6-8,15,20H,4-5H2,1H3. The number of hydrogen-bond donors (Lipinski definition) is 1. The van der Waals surface area contributed by atoms with E-state index in [0.717, 1.165) is 18.5 Å². The zero-order valence-electron chi connectivity index (χ0n) is 11.0. The Labute approximate surface area is 131 Å². The van der Waals surface area contributed by atoms with Gasteiger partial charge in [-0.2, -0.15) is 0 Å². The summed E-state index contributed by atoms with van der Waals surface area (Å²) in [5.41, 5.74) is 4.70. The van der Waals surface area contributed by atoms with Crippen molar-refractivity contribution < 1.29 is 4.39 Å². The van der Waals surface area contributed by atoms with E-state index in [0.29, 0.717) is 9.50 Å². The van der Waals surface area contributed by atoms with Crippen LogP contribution in [0.3, 0.4) is 0 Å². The quantitative estimate of drug-likeness (QED) is 0.735. The lowest BCUT2D eigenvalue weighted by molar-refractivity contribution is 0.627. The number of anilines is 1. The Morgan fingerprint density at radius 1 is 1.30 bits per heavy atom. The van der Waals surface area contributed by atoms with Crippen LogP contribution in [0.1, 0.15) is 29.2 Å². The molecule has 1 nitrogen and oxygen atoms in total. The van der Waals surface area contributed by atoms with Crippen molar-refractivity contribution in [3.05, 3.63) is 62.3 Å². The fourth-order valence-electron chi connectivity index (χ4n) is 2.73. The van der Waals surface area contributed by atoms with Gasteiger partial charge in [0.25, 0.3) is 0 Å². The Bertz CT molecular complexity index is 649. The second-order valence-corrected chi connectivity index (χ2v) is 6.44. The van der Waals surface area contributed by atoms with Crippen molar-refractivity contribution in [2.45, 2.75) is 25.8 Å². The molecule has 0 amide bonds. The Morgan fingerprint density at radius 3 is 2.85 bits per heavy atom. The second kappa shape index (κ2) is 5.38. The largest absolute Gasteiger partial charge is 0.376 e. The summed E-state index contributed by atoms with van der Waals surface area (Å²) in [6.45, 7) is 2.09. The molecule has 1 aliphatic carbocycles. The number of halogens is 3. The van der Waals surface area contributed by atoms with Crippen LogP contribution in [0.5, 0.6) is 0 Å². The number of aryl methyl sites for hydroxylation is 2. The molecular weight excluding hydrogens is 341 g/mol. The monoisotopic (exact) mass is 353 g/mol. The topological polar surface area (TPSA) is 12.0 Å². The summed E-state index contributed by atoms with van der Waals surface area (Å²) in [4.78, 5) is 0. The Balaban J connectivity index is 1.93. The number of fused-ring (bicyclic) bond motifs is 1. The van der Waals surface area contributed by atoms with Gasteiger partial charge in [0, 0.05) is 4.47 Å². The molecule has 2 aromatic rings.